The normalized spacial score (nSPS) is 25.6. The summed E-state index contributed by atoms with van der Waals surface area (Å²) in [6.07, 6.45) is 3.66. The molecule has 0 aliphatic carbocycles. The van der Waals surface area contributed by atoms with Crippen molar-refractivity contribution in [2.24, 2.45) is 0 Å². The SMILES string of the molecule is C=C(C)CN1CC(CC)(CC)NCC1CC. The van der Waals surface area contributed by atoms with Crippen molar-refractivity contribution in [3.63, 3.8) is 0 Å². The Morgan fingerprint density at radius 3 is 2.44 bits per heavy atom. The Morgan fingerprint density at radius 1 is 1.38 bits per heavy atom. The summed E-state index contributed by atoms with van der Waals surface area (Å²) in [5.74, 6) is 0. The first-order valence-electron chi connectivity index (χ1n) is 6.70. The molecule has 0 spiro atoms. The van der Waals surface area contributed by atoms with E-state index in [2.05, 4.69) is 44.5 Å². The molecule has 0 aromatic heterocycles. The Labute approximate surface area is 101 Å². The van der Waals surface area contributed by atoms with Gasteiger partial charge in [0.2, 0.25) is 0 Å². The van der Waals surface area contributed by atoms with Crippen molar-refractivity contribution in [2.75, 3.05) is 19.6 Å². The van der Waals surface area contributed by atoms with Crippen LogP contribution >= 0.6 is 0 Å². The van der Waals surface area contributed by atoms with Gasteiger partial charge in [0.15, 0.2) is 0 Å². The molecular weight excluding hydrogens is 196 g/mol. The van der Waals surface area contributed by atoms with Crippen LogP contribution in [0.5, 0.6) is 0 Å². The molecule has 1 saturated heterocycles. The molecule has 0 radical (unpaired) electrons. The molecule has 16 heavy (non-hydrogen) atoms. The van der Waals surface area contributed by atoms with Gasteiger partial charge in [-0.25, -0.2) is 0 Å². The molecule has 0 aromatic carbocycles. The lowest BCUT2D eigenvalue weighted by Gasteiger charge is -2.47. The lowest BCUT2D eigenvalue weighted by molar-refractivity contribution is 0.0788. The van der Waals surface area contributed by atoms with Gasteiger partial charge < -0.3 is 5.32 Å². The third kappa shape index (κ3) is 3.08. The summed E-state index contributed by atoms with van der Waals surface area (Å²) in [5.41, 5.74) is 1.61. The molecule has 2 heteroatoms. The molecule has 1 aliphatic heterocycles. The number of hydrogen-bond donors (Lipinski definition) is 1. The van der Waals surface area contributed by atoms with E-state index in [-0.39, 0.29) is 0 Å². The van der Waals surface area contributed by atoms with Gasteiger partial charge in [0.05, 0.1) is 0 Å². The predicted octanol–water partition coefficient (Wildman–Crippen LogP) is 2.81. The van der Waals surface area contributed by atoms with E-state index in [0.29, 0.717) is 11.6 Å². The average molecular weight is 224 g/mol. The maximum absolute atomic E-state index is 4.06. The number of nitrogens with one attached hydrogen (secondary N) is 1. The zero-order valence-corrected chi connectivity index (χ0v) is 11.5. The first-order valence-corrected chi connectivity index (χ1v) is 6.70. The molecule has 1 unspecified atom stereocenters. The van der Waals surface area contributed by atoms with Gasteiger partial charge in [-0.2, -0.15) is 0 Å². The molecular formula is C14H28N2. The zero-order valence-electron chi connectivity index (χ0n) is 11.5. The summed E-state index contributed by atoms with van der Waals surface area (Å²) in [5, 5.41) is 3.76. The monoisotopic (exact) mass is 224 g/mol. The standard InChI is InChI=1S/C14H28N2/c1-6-13-9-15-14(7-2,8-3)11-16(13)10-12(4)5/h13,15H,4,6-11H2,1-3,5H3. The molecule has 94 valence electrons. The lowest BCUT2D eigenvalue weighted by Crippen LogP contribution is -2.63. The highest BCUT2D eigenvalue weighted by Crippen LogP contribution is 2.24. The van der Waals surface area contributed by atoms with E-state index in [1.807, 2.05) is 0 Å². The smallest absolute Gasteiger partial charge is 0.0304 e. The maximum atomic E-state index is 4.06. The molecule has 0 bridgehead atoms. The van der Waals surface area contributed by atoms with Gasteiger partial charge in [-0.05, 0) is 26.2 Å². The van der Waals surface area contributed by atoms with Crippen LogP contribution in [0, 0.1) is 0 Å². The van der Waals surface area contributed by atoms with Crippen molar-refractivity contribution < 1.29 is 0 Å². The van der Waals surface area contributed by atoms with E-state index >= 15 is 0 Å². The van der Waals surface area contributed by atoms with Crippen LogP contribution in [0.25, 0.3) is 0 Å². The molecule has 1 N–H and O–H groups in total. The second kappa shape index (κ2) is 5.83. The van der Waals surface area contributed by atoms with Gasteiger partial charge in [-0.3, -0.25) is 4.90 Å². The van der Waals surface area contributed by atoms with Crippen LogP contribution in [0.2, 0.25) is 0 Å². The van der Waals surface area contributed by atoms with Crippen LogP contribution in [-0.2, 0) is 0 Å². The molecule has 0 aromatic rings. The number of rotatable bonds is 5. The predicted molar refractivity (Wildman–Crippen MR) is 71.8 cm³/mol. The van der Waals surface area contributed by atoms with Crippen molar-refractivity contribution in [2.45, 2.75) is 58.5 Å². The van der Waals surface area contributed by atoms with E-state index < -0.39 is 0 Å². The Balaban J connectivity index is 2.71. The van der Waals surface area contributed by atoms with Crippen molar-refractivity contribution in [3.05, 3.63) is 12.2 Å². The second-order valence-electron chi connectivity index (χ2n) is 5.29. The van der Waals surface area contributed by atoms with Crippen molar-refractivity contribution in [1.29, 1.82) is 0 Å². The van der Waals surface area contributed by atoms with Crippen LogP contribution in [-0.4, -0.2) is 36.1 Å². The molecule has 0 saturated carbocycles. The fraction of sp³-hybridized carbons (Fsp3) is 0.857. The van der Waals surface area contributed by atoms with Gasteiger partial charge in [-0.15, -0.1) is 0 Å². The molecule has 1 atom stereocenters. The van der Waals surface area contributed by atoms with Crippen LogP contribution in [0.15, 0.2) is 12.2 Å². The quantitative estimate of drug-likeness (QED) is 0.722. The average Bonchev–Trinajstić information content (AvgIpc) is 2.28. The van der Waals surface area contributed by atoms with Crippen molar-refractivity contribution >= 4 is 0 Å². The Bertz CT molecular complexity index is 231. The van der Waals surface area contributed by atoms with E-state index in [1.165, 1.54) is 31.4 Å². The van der Waals surface area contributed by atoms with Gasteiger partial charge in [0, 0.05) is 31.2 Å². The third-order valence-electron chi connectivity index (χ3n) is 4.03. The Kier molecular flexibility index (Phi) is 5.00. The molecule has 1 aliphatic rings. The first kappa shape index (κ1) is 13.7. The van der Waals surface area contributed by atoms with Crippen LogP contribution in [0.4, 0.5) is 0 Å². The van der Waals surface area contributed by atoms with Crippen molar-refractivity contribution in [3.8, 4) is 0 Å². The summed E-state index contributed by atoms with van der Waals surface area (Å²) in [7, 11) is 0. The van der Waals surface area contributed by atoms with Crippen LogP contribution in [0.3, 0.4) is 0 Å². The fourth-order valence-electron chi connectivity index (χ4n) is 2.70. The van der Waals surface area contributed by atoms with Gasteiger partial charge in [0.25, 0.3) is 0 Å². The largest absolute Gasteiger partial charge is 0.308 e. The fourth-order valence-corrected chi connectivity index (χ4v) is 2.70. The minimum atomic E-state index is 0.334. The zero-order chi connectivity index (χ0) is 12.2. The minimum Gasteiger partial charge on any atom is -0.308 e. The lowest BCUT2D eigenvalue weighted by atomic mass is 9.88. The first-order chi connectivity index (χ1) is 7.56. The maximum Gasteiger partial charge on any atom is 0.0304 e. The molecule has 2 nitrogen and oxygen atoms in total. The van der Waals surface area contributed by atoms with E-state index in [0.717, 1.165) is 13.1 Å². The number of piperazine rings is 1. The second-order valence-corrected chi connectivity index (χ2v) is 5.29. The Hall–Kier alpha value is -0.340. The summed E-state index contributed by atoms with van der Waals surface area (Å²) in [6.45, 7) is 16.4. The highest BCUT2D eigenvalue weighted by molar-refractivity contribution is 5.01. The van der Waals surface area contributed by atoms with E-state index in [4.69, 9.17) is 0 Å². The number of nitrogens with zero attached hydrogens (tertiary/aromatic N) is 1. The van der Waals surface area contributed by atoms with Gasteiger partial charge in [0.1, 0.15) is 0 Å². The molecule has 1 rings (SSSR count). The van der Waals surface area contributed by atoms with Gasteiger partial charge >= 0.3 is 0 Å². The van der Waals surface area contributed by atoms with Gasteiger partial charge in [-0.1, -0.05) is 32.9 Å². The van der Waals surface area contributed by atoms with E-state index in [9.17, 15) is 0 Å². The van der Waals surface area contributed by atoms with Crippen LogP contribution in [0.1, 0.15) is 47.0 Å². The molecule has 1 fully saturated rings. The summed E-state index contributed by atoms with van der Waals surface area (Å²) in [6, 6.07) is 0.683. The molecule has 0 amide bonds. The summed E-state index contributed by atoms with van der Waals surface area (Å²) >= 11 is 0. The highest BCUT2D eigenvalue weighted by atomic mass is 15.2. The summed E-state index contributed by atoms with van der Waals surface area (Å²) in [4.78, 5) is 2.62. The van der Waals surface area contributed by atoms with Crippen LogP contribution < -0.4 is 5.32 Å². The summed E-state index contributed by atoms with van der Waals surface area (Å²) < 4.78 is 0. The Morgan fingerprint density at radius 2 is 2.00 bits per heavy atom. The third-order valence-corrected chi connectivity index (χ3v) is 4.03. The number of hydrogen-bond acceptors (Lipinski definition) is 2. The highest BCUT2D eigenvalue weighted by Gasteiger charge is 2.35. The molecule has 1 heterocycles. The topological polar surface area (TPSA) is 15.3 Å². The van der Waals surface area contributed by atoms with E-state index in [1.54, 1.807) is 0 Å². The minimum absolute atomic E-state index is 0.334. The van der Waals surface area contributed by atoms with Crippen molar-refractivity contribution in [1.82, 2.24) is 10.2 Å².